The normalized spacial score (nSPS) is 12.6. The van der Waals surface area contributed by atoms with E-state index in [1.54, 1.807) is 6.07 Å². The van der Waals surface area contributed by atoms with Crippen LogP contribution in [0.3, 0.4) is 0 Å². The van der Waals surface area contributed by atoms with Crippen LogP contribution in [0.5, 0.6) is 0 Å². The van der Waals surface area contributed by atoms with Crippen molar-refractivity contribution in [3.05, 3.63) is 59.7 Å². The summed E-state index contributed by atoms with van der Waals surface area (Å²) in [7, 11) is 2.01. The summed E-state index contributed by atoms with van der Waals surface area (Å²) >= 11 is 0. The fourth-order valence-electron chi connectivity index (χ4n) is 2.64. The van der Waals surface area contributed by atoms with Gasteiger partial charge in [0.15, 0.2) is 0 Å². The van der Waals surface area contributed by atoms with Crippen LogP contribution in [0.2, 0.25) is 0 Å². The van der Waals surface area contributed by atoms with E-state index in [4.69, 9.17) is 0 Å². The molecule has 0 saturated heterocycles. The highest BCUT2D eigenvalue weighted by Gasteiger charge is 2.14. The van der Waals surface area contributed by atoms with Crippen LogP contribution < -0.4 is 5.32 Å². The molecule has 0 amide bonds. The van der Waals surface area contributed by atoms with Crippen molar-refractivity contribution in [3.8, 4) is 0 Å². The van der Waals surface area contributed by atoms with Gasteiger partial charge >= 0.3 is 0 Å². The molecule has 0 spiro atoms. The van der Waals surface area contributed by atoms with Gasteiger partial charge in [-0.05, 0) is 49.7 Å². The van der Waals surface area contributed by atoms with E-state index in [1.807, 2.05) is 32.2 Å². The molecule has 3 rings (SSSR count). The molecule has 0 radical (unpaired) electrons. The number of aryl methyl sites for hydroxylation is 2. The fraction of sp³-hybridized carbons (Fsp3) is 0.235. The molecule has 0 saturated carbocycles. The summed E-state index contributed by atoms with van der Waals surface area (Å²) in [6.45, 7) is 3.96. The van der Waals surface area contributed by atoms with Crippen molar-refractivity contribution in [2.24, 2.45) is 7.05 Å². The summed E-state index contributed by atoms with van der Waals surface area (Å²) in [6.07, 6.45) is 0. The summed E-state index contributed by atoms with van der Waals surface area (Å²) in [5, 5.41) is 3.41. The second kappa shape index (κ2) is 5.20. The van der Waals surface area contributed by atoms with Crippen molar-refractivity contribution in [2.75, 3.05) is 5.32 Å². The summed E-state index contributed by atoms with van der Waals surface area (Å²) in [6, 6.07) is 12.9. The van der Waals surface area contributed by atoms with Crippen LogP contribution in [0.4, 0.5) is 10.1 Å². The number of anilines is 1. The molecular formula is C17H18FN3. The van der Waals surface area contributed by atoms with E-state index in [0.717, 1.165) is 28.1 Å². The Morgan fingerprint density at radius 3 is 2.67 bits per heavy atom. The summed E-state index contributed by atoms with van der Waals surface area (Å²) in [5.74, 6) is 0.744. The fourth-order valence-corrected chi connectivity index (χ4v) is 2.64. The van der Waals surface area contributed by atoms with Crippen LogP contribution in [0.1, 0.15) is 24.4 Å². The number of imidazole rings is 1. The molecule has 3 nitrogen and oxygen atoms in total. The highest BCUT2D eigenvalue weighted by atomic mass is 19.1. The van der Waals surface area contributed by atoms with E-state index in [0.29, 0.717) is 0 Å². The Balaban J connectivity index is 1.93. The van der Waals surface area contributed by atoms with Gasteiger partial charge in [0.2, 0.25) is 0 Å². The van der Waals surface area contributed by atoms with Gasteiger partial charge in [0.25, 0.3) is 0 Å². The zero-order valence-corrected chi connectivity index (χ0v) is 12.4. The van der Waals surface area contributed by atoms with Crippen LogP contribution in [-0.4, -0.2) is 9.55 Å². The van der Waals surface area contributed by atoms with Crippen LogP contribution in [0, 0.1) is 12.7 Å². The lowest BCUT2D eigenvalue weighted by molar-refractivity contribution is 0.626. The molecule has 0 aliphatic carbocycles. The van der Waals surface area contributed by atoms with Crippen LogP contribution in [-0.2, 0) is 7.05 Å². The molecule has 1 heterocycles. The minimum absolute atomic E-state index is 0.0339. The van der Waals surface area contributed by atoms with Gasteiger partial charge in [-0.3, -0.25) is 0 Å². The predicted molar refractivity (Wildman–Crippen MR) is 83.9 cm³/mol. The second-order valence-corrected chi connectivity index (χ2v) is 5.34. The Morgan fingerprint density at radius 1 is 1.19 bits per heavy atom. The Kier molecular flexibility index (Phi) is 3.37. The maximum atomic E-state index is 13.2. The summed E-state index contributed by atoms with van der Waals surface area (Å²) in [4.78, 5) is 4.68. The molecule has 1 atom stereocenters. The number of hydrogen-bond donors (Lipinski definition) is 1. The Hall–Kier alpha value is -2.36. The zero-order valence-electron chi connectivity index (χ0n) is 12.4. The Morgan fingerprint density at radius 2 is 1.95 bits per heavy atom. The van der Waals surface area contributed by atoms with Gasteiger partial charge < -0.3 is 9.88 Å². The van der Waals surface area contributed by atoms with Crippen molar-refractivity contribution in [3.63, 3.8) is 0 Å². The van der Waals surface area contributed by atoms with Gasteiger partial charge in [-0.25, -0.2) is 9.37 Å². The van der Waals surface area contributed by atoms with Gasteiger partial charge in [-0.1, -0.05) is 12.1 Å². The number of nitrogens with zero attached hydrogens (tertiary/aromatic N) is 2. The van der Waals surface area contributed by atoms with E-state index in [-0.39, 0.29) is 11.9 Å². The standard InChI is InChI=1S/C17H18FN3/c1-11-10-13(18)8-9-14(11)19-12(2)17-20-15-6-4-5-7-16(15)21(17)3/h4-10,12,19H,1-3H3. The van der Waals surface area contributed by atoms with Crippen molar-refractivity contribution >= 4 is 16.7 Å². The molecule has 3 aromatic rings. The molecule has 0 aliphatic heterocycles. The van der Waals surface area contributed by atoms with Gasteiger partial charge in [0, 0.05) is 12.7 Å². The molecule has 21 heavy (non-hydrogen) atoms. The number of hydrogen-bond acceptors (Lipinski definition) is 2. The highest BCUT2D eigenvalue weighted by Crippen LogP contribution is 2.24. The van der Waals surface area contributed by atoms with Crippen molar-refractivity contribution in [1.82, 2.24) is 9.55 Å². The predicted octanol–water partition coefficient (Wildman–Crippen LogP) is 4.19. The molecule has 0 fully saturated rings. The average Bonchev–Trinajstić information content (AvgIpc) is 2.80. The largest absolute Gasteiger partial charge is 0.375 e. The minimum atomic E-state index is -0.214. The molecule has 1 N–H and O–H groups in total. The SMILES string of the molecule is Cc1cc(F)ccc1NC(C)c1nc2ccccc2n1C. The average molecular weight is 283 g/mol. The molecule has 4 heteroatoms. The Labute approximate surface area is 123 Å². The number of nitrogens with one attached hydrogen (secondary N) is 1. The minimum Gasteiger partial charge on any atom is -0.375 e. The quantitative estimate of drug-likeness (QED) is 0.781. The molecule has 2 aromatic carbocycles. The monoisotopic (exact) mass is 283 g/mol. The molecule has 0 aliphatic rings. The van der Waals surface area contributed by atoms with Crippen molar-refractivity contribution in [2.45, 2.75) is 19.9 Å². The number of aromatic nitrogens is 2. The smallest absolute Gasteiger partial charge is 0.131 e. The number of halogens is 1. The van der Waals surface area contributed by atoms with E-state index in [9.17, 15) is 4.39 Å². The van der Waals surface area contributed by atoms with E-state index in [2.05, 4.69) is 27.9 Å². The zero-order chi connectivity index (χ0) is 15.0. The molecule has 108 valence electrons. The Bertz CT molecular complexity index is 792. The summed E-state index contributed by atoms with van der Waals surface area (Å²) in [5.41, 5.74) is 3.91. The molecule has 1 unspecified atom stereocenters. The lowest BCUT2D eigenvalue weighted by Crippen LogP contribution is -2.12. The first-order valence-corrected chi connectivity index (χ1v) is 7.00. The first kappa shape index (κ1) is 13.6. The van der Waals surface area contributed by atoms with Crippen LogP contribution in [0.25, 0.3) is 11.0 Å². The van der Waals surface area contributed by atoms with E-state index < -0.39 is 0 Å². The maximum absolute atomic E-state index is 13.2. The van der Waals surface area contributed by atoms with Crippen LogP contribution in [0.15, 0.2) is 42.5 Å². The van der Waals surface area contributed by atoms with Gasteiger partial charge in [0.1, 0.15) is 11.6 Å². The molecule has 0 bridgehead atoms. The van der Waals surface area contributed by atoms with Crippen molar-refractivity contribution < 1.29 is 4.39 Å². The van der Waals surface area contributed by atoms with E-state index in [1.165, 1.54) is 12.1 Å². The van der Waals surface area contributed by atoms with Gasteiger partial charge in [0.05, 0.1) is 17.1 Å². The first-order chi connectivity index (χ1) is 10.1. The lowest BCUT2D eigenvalue weighted by atomic mass is 10.1. The maximum Gasteiger partial charge on any atom is 0.131 e. The molecular weight excluding hydrogens is 265 g/mol. The first-order valence-electron chi connectivity index (χ1n) is 7.00. The number of rotatable bonds is 3. The van der Waals surface area contributed by atoms with Crippen molar-refractivity contribution in [1.29, 1.82) is 0 Å². The third kappa shape index (κ3) is 2.49. The number of benzene rings is 2. The second-order valence-electron chi connectivity index (χ2n) is 5.34. The third-order valence-electron chi connectivity index (χ3n) is 3.77. The lowest BCUT2D eigenvalue weighted by Gasteiger charge is -2.17. The van der Waals surface area contributed by atoms with Crippen LogP contribution >= 0.6 is 0 Å². The van der Waals surface area contributed by atoms with Gasteiger partial charge in [-0.2, -0.15) is 0 Å². The molecule has 1 aromatic heterocycles. The number of fused-ring (bicyclic) bond motifs is 1. The third-order valence-corrected chi connectivity index (χ3v) is 3.77. The summed E-state index contributed by atoms with van der Waals surface area (Å²) < 4.78 is 15.3. The van der Waals surface area contributed by atoms with E-state index >= 15 is 0 Å². The number of para-hydroxylation sites is 2. The topological polar surface area (TPSA) is 29.9 Å². The van der Waals surface area contributed by atoms with Gasteiger partial charge in [-0.15, -0.1) is 0 Å². The highest BCUT2D eigenvalue weighted by molar-refractivity contribution is 5.76.